The molecule has 1 aliphatic heterocycles. The number of hydrogen-bond acceptors (Lipinski definition) is 3. The lowest BCUT2D eigenvalue weighted by Crippen LogP contribution is -2.56. The standard InChI is InChI=1S/C13H24N2O/c1-3-5-8-15-13(11-14)7-9-16-12(10-13)6-4-2/h12,15H,4,6-11,14H2,1-2H3. The van der Waals surface area contributed by atoms with E-state index in [1.54, 1.807) is 0 Å². The Hall–Kier alpha value is -0.560. The van der Waals surface area contributed by atoms with Crippen molar-refractivity contribution in [2.45, 2.75) is 51.2 Å². The van der Waals surface area contributed by atoms with Crippen LogP contribution in [0.2, 0.25) is 0 Å². The lowest BCUT2D eigenvalue weighted by atomic mass is 9.85. The highest BCUT2D eigenvalue weighted by Crippen LogP contribution is 2.26. The second-order valence-electron chi connectivity index (χ2n) is 4.50. The molecule has 1 fully saturated rings. The molecule has 1 aliphatic rings. The van der Waals surface area contributed by atoms with Crippen LogP contribution in [0.4, 0.5) is 0 Å². The number of rotatable bonds is 5. The predicted octanol–water partition coefficient (Wildman–Crippen LogP) is 1.28. The zero-order valence-electron chi connectivity index (χ0n) is 10.5. The first-order chi connectivity index (χ1) is 7.76. The molecule has 0 aromatic heterocycles. The van der Waals surface area contributed by atoms with E-state index in [9.17, 15) is 0 Å². The van der Waals surface area contributed by atoms with E-state index in [1.165, 1.54) is 6.42 Å². The van der Waals surface area contributed by atoms with Gasteiger partial charge in [-0.1, -0.05) is 19.3 Å². The van der Waals surface area contributed by atoms with Gasteiger partial charge in [0.2, 0.25) is 0 Å². The summed E-state index contributed by atoms with van der Waals surface area (Å²) in [6, 6.07) is 0. The molecule has 0 saturated carbocycles. The molecule has 3 N–H and O–H groups in total. The first kappa shape index (κ1) is 13.5. The molecule has 1 saturated heterocycles. The first-order valence-electron chi connectivity index (χ1n) is 6.22. The van der Waals surface area contributed by atoms with Crippen molar-refractivity contribution in [3.05, 3.63) is 0 Å². The summed E-state index contributed by atoms with van der Waals surface area (Å²) in [6.45, 7) is 6.27. The van der Waals surface area contributed by atoms with Gasteiger partial charge in [0.25, 0.3) is 0 Å². The van der Waals surface area contributed by atoms with Crippen LogP contribution in [0.1, 0.15) is 39.5 Å². The smallest absolute Gasteiger partial charge is 0.0593 e. The van der Waals surface area contributed by atoms with Gasteiger partial charge in [0.15, 0.2) is 0 Å². The number of nitrogens with two attached hydrogens (primary N) is 1. The predicted molar refractivity (Wildman–Crippen MR) is 67.1 cm³/mol. The fourth-order valence-corrected chi connectivity index (χ4v) is 2.26. The summed E-state index contributed by atoms with van der Waals surface area (Å²) in [5.74, 6) is 5.94. The van der Waals surface area contributed by atoms with Crippen LogP contribution in [0.5, 0.6) is 0 Å². The van der Waals surface area contributed by atoms with Gasteiger partial charge in [0, 0.05) is 18.7 Å². The Morgan fingerprint density at radius 3 is 3.00 bits per heavy atom. The molecule has 0 aromatic rings. The molecule has 1 rings (SSSR count). The highest BCUT2D eigenvalue weighted by Gasteiger charge is 2.34. The average Bonchev–Trinajstić information content (AvgIpc) is 2.30. The molecule has 0 amide bonds. The zero-order valence-corrected chi connectivity index (χ0v) is 10.5. The van der Waals surface area contributed by atoms with Crippen LogP contribution in [-0.4, -0.2) is 31.3 Å². The van der Waals surface area contributed by atoms with Crippen molar-refractivity contribution in [1.82, 2.24) is 5.32 Å². The van der Waals surface area contributed by atoms with Crippen molar-refractivity contribution in [2.75, 3.05) is 19.7 Å². The molecule has 1 heterocycles. The van der Waals surface area contributed by atoms with E-state index < -0.39 is 0 Å². The van der Waals surface area contributed by atoms with Crippen molar-refractivity contribution in [2.24, 2.45) is 5.73 Å². The van der Waals surface area contributed by atoms with E-state index >= 15 is 0 Å². The Labute approximate surface area is 99.1 Å². The summed E-state index contributed by atoms with van der Waals surface area (Å²) >= 11 is 0. The van der Waals surface area contributed by atoms with Gasteiger partial charge in [-0.2, -0.15) is 0 Å². The first-order valence-corrected chi connectivity index (χ1v) is 6.22. The monoisotopic (exact) mass is 224 g/mol. The molecule has 0 aromatic carbocycles. The lowest BCUT2D eigenvalue weighted by Gasteiger charge is -2.40. The summed E-state index contributed by atoms with van der Waals surface area (Å²) in [5, 5.41) is 3.50. The van der Waals surface area contributed by atoms with Crippen molar-refractivity contribution in [3.8, 4) is 11.8 Å². The van der Waals surface area contributed by atoms with Gasteiger partial charge >= 0.3 is 0 Å². The molecule has 16 heavy (non-hydrogen) atoms. The minimum atomic E-state index is 0.0436. The summed E-state index contributed by atoms with van der Waals surface area (Å²) in [6.07, 6.45) is 4.67. The van der Waals surface area contributed by atoms with Crippen LogP contribution >= 0.6 is 0 Å². The lowest BCUT2D eigenvalue weighted by molar-refractivity contribution is -0.0295. The second-order valence-corrected chi connectivity index (χ2v) is 4.50. The maximum atomic E-state index is 5.91. The van der Waals surface area contributed by atoms with Crippen LogP contribution in [-0.2, 0) is 4.74 Å². The summed E-state index contributed by atoms with van der Waals surface area (Å²) < 4.78 is 5.75. The topological polar surface area (TPSA) is 47.3 Å². The van der Waals surface area contributed by atoms with Gasteiger partial charge in [0.1, 0.15) is 0 Å². The number of hydrogen-bond donors (Lipinski definition) is 2. The van der Waals surface area contributed by atoms with E-state index in [4.69, 9.17) is 10.5 Å². The average molecular weight is 224 g/mol. The van der Waals surface area contributed by atoms with Gasteiger partial charge in [-0.3, -0.25) is 5.32 Å². The van der Waals surface area contributed by atoms with Crippen molar-refractivity contribution >= 4 is 0 Å². The van der Waals surface area contributed by atoms with Crippen LogP contribution in [0.3, 0.4) is 0 Å². The summed E-state index contributed by atoms with van der Waals surface area (Å²) in [5.41, 5.74) is 5.96. The zero-order chi connectivity index (χ0) is 11.9. The van der Waals surface area contributed by atoms with E-state index in [2.05, 4.69) is 24.1 Å². The molecule has 2 unspecified atom stereocenters. The van der Waals surface area contributed by atoms with Crippen molar-refractivity contribution < 1.29 is 4.74 Å². The van der Waals surface area contributed by atoms with Crippen LogP contribution in [0.15, 0.2) is 0 Å². The Kier molecular flexibility index (Phi) is 5.83. The van der Waals surface area contributed by atoms with Crippen LogP contribution in [0.25, 0.3) is 0 Å². The third-order valence-corrected chi connectivity index (χ3v) is 3.28. The molecule has 0 spiro atoms. The summed E-state index contributed by atoms with van der Waals surface area (Å²) in [7, 11) is 0. The van der Waals surface area contributed by atoms with Gasteiger partial charge in [-0.25, -0.2) is 0 Å². The maximum absolute atomic E-state index is 5.91. The number of ether oxygens (including phenoxy) is 1. The third kappa shape index (κ3) is 3.79. The molecular formula is C13H24N2O. The Morgan fingerprint density at radius 1 is 1.56 bits per heavy atom. The Morgan fingerprint density at radius 2 is 2.38 bits per heavy atom. The van der Waals surface area contributed by atoms with Crippen LogP contribution in [0, 0.1) is 11.8 Å². The molecule has 0 aliphatic carbocycles. The van der Waals surface area contributed by atoms with Gasteiger partial charge in [-0.05, 0) is 26.2 Å². The minimum Gasteiger partial charge on any atom is -0.378 e. The fraction of sp³-hybridized carbons (Fsp3) is 0.846. The largest absolute Gasteiger partial charge is 0.378 e. The quantitative estimate of drug-likeness (QED) is 0.692. The highest BCUT2D eigenvalue weighted by molar-refractivity contribution is 5.02. The normalized spacial score (nSPS) is 29.6. The van der Waals surface area contributed by atoms with Gasteiger partial charge < -0.3 is 10.5 Å². The SMILES string of the molecule is CC#CCNC1(CN)CCOC(CCC)C1. The molecular weight excluding hydrogens is 200 g/mol. The second kappa shape index (κ2) is 6.90. The summed E-state index contributed by atoms with van der Waals surface area (Å²) in [4.78, 5) is 0. The molecule has 3 heteroatoms. The van der Waals surface area contributed by atoms with Crippen LogP contribution < -0.4 is 11.1 Å². The van der Waals surface area contributed by atoms with Gasteiger partial charge in [-0.15, -0.1) is 5.92 Å². The van der Waals surface area contributed by atoms with Crippen molar-refractivity contribution in [1.29, 1.82) is 0 Å². The van der Waals surface area contributed by atoms with E-state index in [0.717, 1.165) is 32.4 Å². The van der Waals surface area contributed by atoms with E-state index in [1.807, 2.05) is 6.92 Å². The molecule has 0 radical (unpaired) electrons. The van der Waals surface area contributed by atoms with Crippen molar-refractivity contribution in [3.63, 3.8) is 0 Å². The van der Waals surface area contributed by atoms with E-state index in [-0.39, 0.29) is 5.54 Å². The molecule has 3 nitrogen and oxygen atoms in total. The highest BCUT2D eigenvalue weighted by atomic mass is 16.5. The minimum absolute atomic E-state index is 0.0436. The molecule has 0 bridgehead atoms. The maximum Gasteiger partial charge on any atom is 0.0593 e. The Balaban J connectivity index is 2.51. The third-order valence-electron chi connectivity index (χ3n) is 3.28. The molecule has 2 atom stereocenters. The fourth-order valence-electron chi connectivity index (χ4n) is 2.26. The Bertz CT molecular complexity index is 254. The van der Waals surface area contributed by atoms with Gasteiger partial charge in [0.05, 0.1) is 12.6 Å². The molecule has 92 valence electrons. The number of nitrogens with one attached hydrogen (secondary N) is 1. The van der Waals surface area contributed by atoms with E-state index in [0.29, 0.717) is 12.6 Å².